The molecular formula is C35H23N3. The summed E-state index contributed by atoms with van der Waals surface area (Å²) in [6.45, 7) is 0. The topological polar surface area (TPSA) is 38.7 Å². The molecule has 7 aromatic rings. The minimum atomic E-state index is 0.722. The Labute approximate surface area is 221 Å². The van der Waals surface area contributed by atoms with Crippen molar-refractivity contribution >= 4 is 21.8 Å². The van der Waals surface area contributed by atoms with E-state index in [1.54, 1.807) is 0 Å². The average Bonchev–Trinajstić information content (AvgIpc) is 3.00. The number of rotatable bonds is 4. The van der Waals surface area contributed by atoms with Crippen molar-refractivity contribution in [3.63, 3.8) is 0 Å². The summed E-state index contributed by atoms with van der Waals surface area (Å²) < 4.78 is 0. The Balaban J connectivity index is 1.28. The molecule has 0 bridgehead atoms. The summed E-state index contributed by atoms with van der Waals surface area (Å²) in [5.41, 5.74) is 9.29. The average molecular weight is 486 g/mol. The van der Waals surface area contributed by atoms with Crippen molar-refractivity contribution in [2.45, 2.75) is 0 Å². The molecule has 0 aliphatic carbocycles. The number of hydrogen-bond donors (Lipinski definition) is 0. The molecule has 0 atom stereocenters. The molecule has 0 saturated carbocycles. The highest BCUT2D eigenvalue weighted by atomic mass is 14.9. The van der Waals surface area contributed by atoms with Crippen LogP contribution in [0.5, 0.6) is 0 Å². The summed E-state index contributed by atoms with van der Waals surface area (Å²) in [6.07, 6.45) is 0. The first-order valence-electron chi connectivity index (χ1n) is 12.7. The van der Waals surface area contributed by atoms with E-state index in [2.05, 4.69) is 97.1 Å². The molecule has 178 valence electrons. The molecule has 0 spiro atoms. The van der Waals surface area contributed by atoms with Crippen LogP contribution in [-0.2, 0) is 0 Å². The number of nitrogens with zero attached hydrogens (tertiary/aromatic N) is 3. The van der Waals surface area contributed by atoms with Gasteiger partial charge in [0.25, 0.3) is 0 Å². The minimum absolute atomic E-state index is 0.722. The van der Waals surface area contributed by atoms with Gasteiger partial charge < -0.3 is 0 Å². The van der Waals surface area contributed by atoms with E-state index in [1.165, 1.54) is 5.56 Å². The molecule has 0 aliphatic rings. The van der Waals surface area contributed by atoms with Crippen LogP contribution in [0, 0.1) is 0 Å². The zero-order valence-electron chi connectivity index (χ0n) is 20.6. The highest BCUT2D eigenvalue weighted by Gasteiger charge is 2.11. The second-order valence-electron chi connectivity index (χ2n) is 9.36. The fourth-order valence-corrected chi connectivity index (χ4v) is 4.86. The smallest absolute Gasteiger partial charge is 0.160 e. The van der Waals surface area contributed by atoms with E-state index < -0.39 is 0 Å². The van der Waals surface area contributed by atoms with Crippen molar-refractivity contribution in [2.75, 3.05) is 0 Å². The van der Waals surface area contributed by atoms with Crippen LogP contribution in [0.3, 0.4) is 0 Å². The summed E-state index contributed by atoms with van der Waals surface area (Å²) in [6, 6.07) is 48.0. The lowest BCUT2D eigenvalue weighted by Gasteiger charge is -2.10. The molecular weight excluding hydrogens is 462 g/mol. The van der Waals surface area contributed by atoms with Gasteiger partial charge in [-0.25, -0.2) is 15.0 Å². The number of para-hydroxylation sites is 1. The highest BCUT2D eigenvalue weighted by Crippen LogP contribution is 2.30. The molecule has 3 heteroatoms. The second kappa shape index (κ2) is 9.38. The predicted molar refractivity (Wildman–Crippen MR) is 157 cm³/mol. The van der Waals surface area contributed by atoms with Crippen LogP contribution in [0.15, 0.2) is 140 Å². The third-order valence-corrected chi connectivity index (χ3v) is 6.86. The maximum absolute atomic E-state index is 4.95. The molecule has 5 aromatic carbocycles. The number of fused-ring (bicyclic) bond motifs is 2. The van der Waals surface area contributed by atoms with Crippen LogP contribution in [0.1, 0.15) is 0 Å². The highest BCUT2D eigenvalue weighted by molar-refractivity contribution is 5.94. The molecule has 0 amide bonds. The summed E-state index contributed by atoms with van der Waals surface area (Å²) >= 11 is 0. The summed E-state index contributed by atoms with van der Waals surface area (Å²) in [5.74, 6) is 0.722. The fourth-order valence-electron chi connectivity index (χ4n) is 4.86. The monoisotopic (exact) mass is 485 g/mol. The van der Waals surface area contributed by atoms with Gasteiger partial charge in [-0.3, -0.25) is 0 Å². The Morgan fingerprint density at radius 3 is 1.61 bits per heavy atom. The maximum Gasteiger partial charge on any atom is 0.160 e. The van der Waals surface area contributed by atoms with Gasteiger partial charge >= 0.3 is 0 Å². The van der Waals surface area contributed by atoms with Gasteiger partial charge in [-0.2, -0.15) is 0 Å². The molecule has 0 unspecified atom stereocenters. The Bertz CT molecular complexity index is 1840. The second-order valence-corrected chi connectivity index (χ2v) is 9.36. The summed E-state index contributed by atoms with van der Waals surface area (Å²) in [7, 11) is 0. The Kier molecular flexibility index (Phi) is 5.45. The zero-order chi connectivity index (χ0) is 25.3. The standard InChI is InChI=1S/C35H23N3/c1-3-9-25(10-4-1)33-23-34(38-35(37-33)27-11-5-2-6-12-27)26-17-15-24(16-18-26)28-19-20-32-30(21-28)22-29-13-7-8-14-31(29)36-32/h1-23H. The fraction of sp³-hybridized carbons (Fsp3) is 0. The van der Waals surface area contributed by atoms with Crippen LogP contribution in [-0.4, -0.2) is 15.0 Å². The van der Waals surface area contributed by atoms with Crippen LogP contribution in [0.25, 0.3) is 66.8 Å². The SMILES string of the molecule is c1ccc(-c2cc(-c3ccc(-c4ccc5nc6ccccc6cc5c4)cc3)nc(-c3ccccc3)n2)cc1. The molecule has 38 heavy (non-hydrogen) atoms. The van der Waals surface area contributed by atoms with Crippen LogP contribution in [0.4, 0.5) is 0 Å². The van der Waals surface area contributed by atoms with E-state index >= 15 is 0 Å². The van der Waals surface area contributed by atoms with Gasteiger partial charge in [0.05, 0.1) is 22.4 Å². The third-order valence-electron chi connectivity index (χ3n) is 6.86. The Hall–Kier alpha value is -5.15. The zero-order valence-corrected chi connectivity index (χ0v) is 20.6. The Morgan fingerprint density at radius 2 is 0.868 bits per heavy atom. The summed E-state index contributed by atoms with van der Waals surface area (Å²) in [4.78, 5) is 14.7. The molecule has 7 rings (SSSR count). The van der Waals surface area contributed by atoms with E-state index in [-0.39, 0.29) is 0 Å². The molecule has 0 N–H and O–H groups in total. The van der Waals surface area contributed by atoms with E-state index in [4.69, 9.17) is 15.0 Å². The first-order chi connectivity index (χ1) is 18.8. The first-order valence-corrected chi connectivity index (χ1v) is 12.7. The normalized spacial score (nSPS) is 11.2. The van der Waals surface area contributed by atoms with Gasteiger partial charge in [0, 0.05) is 27.5 Å². The largest absolute Gasteiger partial charge is 0.248 e. The van der Waals surface area contributed by atoms with Crippen molar-refractivity contribution < 1.29 is 0 Å². The molecule has 2 aromatic heterocycles. The van der Waals surface area contributed by atoms with Crippen LogP contribution in [0.2, 0.25) is 0 Å². The van der Waals surface area contributed by atoms with Crippen molar-refractivity contribution in [1.82, 2.24) is 15.0 Å². The van der Waals surface area contributed by atoms with E-state index in [0.717, 1.165) is 61.3 Å². The van der Waals surface area contributed by atoms with E-state index in [9.17, 15) is 0 Å². The lowest BCUT2D eigenvalue weighted by molar-refractivity contribution is 1.18. The lowest BCUT2D eigenvalue weighted by atomic mass is 10.00. The molecule has 0 saturated heterocycles. The van der Waals surface area contributed by atoms with Crippen molar-refractivity contribution in [3.05, 3.63) is 140 Å². The predicted octanol–water partition coefficient (Wildman–Crippen LogP) is 8.85. The van der Waals surface area contributed by atoms with Gasteiger partial charge in [0.1, 0.15) is 0 Å². The van der Waals surface area contributed by atoms with Crippen molar-refractivity contribution in [1.29, 1.82) is 0 Å². The molecule has 0 aliphatic heterocycles. The van der Waals surface area contributed by atoms with Crippen molar-refractivity contribution in [2.24, 2.45) is 0 Å². The number of aromatic nitrogens is 3. The van der Waals surface area contributed by atoms with Gasteiger partial charge in [-0.05, 0) is 41.5 Å². The number of hydrogen-bond acceptors (Lipinski definition) is 3. The number of benzene rings is 5. The van der Waals surface area contributed by atoms with Gasteiger partial charge in [-0.15, -0.1) is 0 Å². The molecule has 2 heterocycles. The molecule has 3 nitrogen and oxygen atoms in total. The van der Waals surface area contributed by atoms with E-state index in [1.807, 2.05) is 42.5 Å². The quantitative estimate of drug-likeness (QED) is 0.234. The molecule has 0 radical (unpaired) electrons. The lowest BCUT2D eigenvalue weighted by Crippen LogP contribution is -1.95. The van der Waals surface area contributed by atoms with Gasteiger partial charge in [-0.1, -0.05) is 109 Å². The van der Waals surface area contributed by atoms with Crippen LogP contribution < -0.4 is 0 Å². The summed E-state index contributed by atoms with van der Waals surface area (Å²) in [5, 5.41) is 2.29. The minimum Gasteiger partial charge on any atom is -0.248 e. The van der Waals surface area contributed by atoms with Crippen LogP contribution >= 0.6 is 0 Å². The molecule has 0 fully saturated rings. The third kappa shape index (κ3) is 4.21. The van der Waals surface area contributed by atoms with Gasteiger partial charge in [0.15, 0.2) is 5.82 Å². The maximum atomic E-state index is 4.95. The van der Waals surface area contributed by atoms with E-state index in [0.29, 0.717) is 0 Å². The number of pyridine rings is 1. The van der Waals surface area contributed by atoms with Gasteiger partial charge in [0.2, 0.25) is 0 Å². The Morgan fingerprint density at radius 1 is 0.316 bits per heavy atom. The first kappa shape index (κ1) is 22.1. The van der Waals surface area contributed by atoms with Crippen molar-refractivity contribution in [3.8, 4) is 45.0 Å².